The van der Waals surface area contributed by atoms with Crippen LogP contribution in [0.2, 0.25) is 0 Å². The molecule has 15 heavy (non-hydrogen) atoms. The van der Waals surface area contributed by atoms with Gasteiger partial charge in [-0.05, 0) is 18.8 Å². The summed E-state index contributed by atoms with van der Waals surface area (Å²) in [6, 6.07) is 0. The quantitative estimate of drug-likeness (QED) is 0.767. The van der Waals surface area contributed by atoms with Gasteiger partial charge in [0.2, 0.25) is 5.91 Å². The van der Waals surface area contributed by atoms with E-state index in [0.717, 1.165) is 6.42 Å². The van der Waals surface area contributed by atoms with Crippen molar-refractivity contribution >= 4 is 11.9 Å². The lowest BCUT2D eigenvalue weighted by atomic mass is 10.1. The Morgan fingerprint density at radius 1 is 1.47 bits per heavy atom. The minimum absolute atomic E-state index is 0.104. The maximum absolute atomic E-state index is 11.7. The number of carbonyl (C=O) groups excluding carboxylic acids is 1. The van der Waals surface area contributed by atoms with E-state index in [9.17, 15) is 9.59 Å². The van der Waals surface area contributed by atoms with E-state index in [1.807, 2.05) is 0 Å². The molecule has 0 bridgehead atoms. The lowest BCUT2D eigenvalue weighted by Crippen LogP contribution is -2.29. The number of hydrogen-bond acceptors (Lipinski definition) is 2. The van der Waals surface area contributed by atoms with E-state index in [-0.39, 0.29) is 11.8 Å². The molecular weight excluding hydrogens is 194 g/mol. The molecule has 1 atom stereocenters. The van der Waals surface area contributed by atoms with Crippen LogP contribution in [0.25, 0.3) is 0 Å². The zero-order valence-corrected chi connectivity index (χ0v) is 9.40. The van der Waals surface area contributed by atoms with Crippen molar-refractivity contribution in [3.8, 4) is 0 Å². The van der Waals surface area contributed by atoms with Crippen LogP contribution >= 0.6 is 0 Å². The van der Waals surface area contributed by atoms with Crippen LogP contribution in [0.15, 0.2) is 0 Å². The third-order valence-electron chi connectivity index (χ3n) is 2.83. The molecule has 0 aromatic carbocycles. The van der Waals surface area contributed by atoms with Crippen molar-refractivity contribution in [2.75, 3.05) is 13.1 Å². The van der Waals surface area contributed by atoms with Crippen molar-refractivity contribution < 1.29 is 14.7 Å². The highest BCUT2D eigenvalue weighted by Crippen LogP contribution is 2.18. The van der Waals surface area contributed by atoms with E-state index in [1.165, 1.54) is 0 Å². The van der Waals surface area contributed by atoms with Crippen LogP contribution in [-0.2, 0) is 9.59 Å². The maximum atomic E-state index is 11.7. The molecule has 0 aromatic heterocycles. The Bertz CT molecular complexity index is 250. The van der Waals surface area contributed by atoms with Gasteiger partial charge in [0.15, 0.2) is 0 Å². The number of amides is 1. The predicted molar refractivity (Wildman–Crippen MR) is 56.4 cm³/mol. The van der Waals surface area contributed by atoms with Crippen LogP contribution in [-0.4, -0.2) is 35.0 Å². The second-order valence-electron chi connectivity index (χ2n) is 4.60. The van der Waals surface area contributed by atoms with E-state index >= 15 is 0 Å². The van der Waals surface area contributed by atoms with Crippen LogP contribution in [0, 0.1) is 11.8 Å². The number of carbonyl (C=O) groups is 2. The van der Waals surface area contributed by atoms with Crippen molar-refractivity contribution in [3.63, 3.8) is 0 Å². The van der Waals surface area contributed by atoms with E-state index in [4.69, 9.17) is 5.11 Å². The van der Waals surface area contributed by atoms with Gasteiger partial charge in [0.1, 0.15) is 0 Å². The van der Waals surface area contributed by atoms with Gasteiger partial charge in [-0.3, -0.25) is 9.59 Å². The Kier molecular flexibility index (Phi) is 4.12. The standard InChI is InChI=1S/C11H19NO3/c1-8(2)3-4-10(13)12-6-5-9(7-12)11(14)15/h8-9H,3-7H2,1-2H3,(H,14,15). The van der Waals surface area contributed by atoms with Gasteiger partial charge in [0, 0.05) is 19.5 Å². The minimum atomic E-state index is -0.783. The third-order valence-corrected chi connectivity index (χ3v) is 2.83. The molecule has 86 valence electrons. The molecule has 1 fully saturated rings. The molecule has 1 aliphatic rings. The Labute approximate surface area is 90.3 Å². The molecule has 0 spiro atoms. The van der Waals surface area contributed by atoms with E-state index in [1.54, 1.807) is 4.90 Å². The highest BCUT2D eigenvalue weighted by molar-refractivity contribution is 5.78. The smallest absolute Gasteiger partial charge is 0.308 e. The first kappa shape index (κ1) is 12.0. The van der Waals surface area contributed by atoms with Crippen LogP contribution in [0.4, 0.5) is 0 Å². The number of carboxylic acids is 1. The van der Waals surface area contributed by atoms with E-state index in [0.29, 0.717) is 31.8 Å². The molecule has 1 amide bonds. The van der Waals surface area contributed by atoms with Crippen molar-refractivity contribution in [3.05, 3.63) is 0 Å². The number of carboxylic acid groups (broad SMARTS) is 1. The summed E-state index contributed by atoms with van der Waals surface area (Å²) in [6.45, 7) is 5.16. The van der Waals surface area contributed by atoms with Crippen LogP contribution in [0.1, 0.15) is 33.1 Å². The fraction of sp³-hybridized carbons (Fsp3) is 0.818. The molecule has 1 unspecified atom stereocenters. The minimum Gasteiger partial charge on any atom is -0.481 e. The second kappa shape index (κ2) is 5.14. The molecule has 0 aromatic rings. The summed E-state index contributed by atoms with van der Waals surface area (Å²) in [5, 5.41) is 8.79. The number of nitrogens with zero attached hydrogens (tertiary/aromatic N) is 1. The average molecular weight is 213 g/mol. The highest BCUT2D eigenvalue weighted by atomic mass is 16.4. The van der Waals surface area contributed by atoms with Gasteiger partial charge in [-0.25, -0.2) is 0 Å². The van der Waals surface area contributed by atoms with E-state index in [2.05, 4.69) is 13.8 Å². The SMILES string of the molecule is CC(C)CCC(=O)N1CCC(C(=O)O)C1. The van der Waals surface area contributed by atoms with Gasteiger partial charge < -0.3 is 10.0 Å². The zero-order valence-electron chi connectivity index (χ0n) is 9.40. The number of hydrogen-bond donors (Lipinski definition) is 1. The number of aliphatic carboxylic acids is 1. The van der Waals surface area contributed by atoms with Crippen molar-refractivity contribution in [2.24, 2.45) is 11.8 Å². The Morgan fingerprint density at radius 3 is 2.60 bits per heavy atom. The number of likely N-dealkylation sites (tertiary alicyclic amines) is 1. The van der Waals surface area contributed by atoms with Crippen LogP contribution in [0.3, 0.4) is 0 Å². The van der Waals surface area contributed by atoms with Gasteiger partial charge in [-0.1, -0.05) is 13.8 Å². The molecule has 4 nitrogen and oxygen atoms in total. The summed E-state index contributed by atoms with van der Waals surface area (Å²) in [7, 11) is 0. The Hall–Kier alpha value is -1.06. The van der Waals surface area contributed by atoms with Gasteiger partial charge >= 0.3 is 5.97 Å². The molecular formula is C11H19NO3. The Balaban J connectivity index is 2.33. The summed E-state index contributed by atoms with van der Waals surface area (Å²) in [5.74, 6) is -0.513. The van der Waals surface area contributed by atoms with Gasteiger partial charge in [-0.2, -0.15) is 0 Å². The molecule has 0 saturated carbocycles. The number of rotatable bonds is 4. The largest absolute Gasteiger partial charge is 0.481 e. The summed E-state index contributed by atoms with van der Waals surface area (Å²) in [4.78, 5) is 24.0. The first-order valence-corrected chi connectivity index (χ1v) is 5.51. The molecule has 1 heterocycles. The topological polar surface area (TPSA) is 57.6 Å². The summed E-state index contributed by atoms with van der Waals surface area (Å²) in [5.41, 5.74) is 0. The first-order chi connectivity index (χ1) is 7.00. The molecule has 4 heteroatoms. The van der Waals surface area contributed by atoms with E-state index < -0.39 is 5.97 Å². The van der Waals surface area contributed by atoms with Crippen molar-refractivity contribution in [1.82, 2.24) is 4.90 Å². The summed E-state index contributed by atoms with van der Waals surface area (Å²) in [6.07, 6.45) is 2.03. The van der Waals surface area contributed by atoms with Crippen LogP contribution in [0.5, 0.6) is 0 Å². The molecule has 0 aliphatic carbocycles. The third kappa shape index (κ3) is 3.53. The molecule has 1 saturated heterocycles. The lowest BCUT2D eigenvalue weighted by Gasteiger charge is -2.16. The summed E-state index contributed by atoms with van der Waals surface area (Å²) >= 11 is 0. The fourth-order valence-corrected chi connectivity index (χ4v) is 1.76. The summed E-state index contributed by atoms with van der Waals surface area (Å²) < 4.78 is 0. The second-order valence-corrected chi connectivity index (χ2v) is 4.60. The molecule has 0 radical (unpaired) electrons. The Morgan fingerprint density at radius 2 is 2.13 bits per heavy atom. The zero-order chi connectivity index (χ0) is 11.4. The lowest BCUT2D eigenvalue weighted by molar-refractivity contribution is -0.141. The fourth-order valence-electron chi connectivity index (χ4n) is 1.76. The van der Waals surface area contributed by atoms with Gasteiger partial charge in [0.25, 0.3) is 0 Å². The van der Waals surface area contributed by atoms with Gasteiger partial charge in [-0.15, -0.1) is 0 Å². The molecule has 1 aliphatic heterocycles. The van der Waals surface area contributed by atoms with Gasteiger partial charge in [0.05, 0.1) is 5.92 Å². The normalized spacial score (nSPS) is 21.0. The maximum Gasteiger partial charge on any atom is 0.308 e. The van der Waals surface area contributed by atoms with Crippen molar-refractivity contribution in [1.29, 1.82) is 0 Å². The molecule has 1 N–H and O–H groups in total. The molecule has 1 rings (SSSR count). The first-order valence-electron chi connectivity index (χ1n) is 5.51. The highest BCUT2D eigenvalue weighted by Gasteiger charge is 2.30. The van der Waals surface area contributed by atoms with Crippen LogP contribution < -0.4 is 0 Å². The van der Waals surface area contributed by atoms with Crippen molar-refractivity contribution in [2.45, 2.75) is 33.1 Å². The monoisotopic (exact) mass is 213 g/mol. The predicted octanol–water partition coefficient (Wildman–Crippen LogP) is 1.36. The average Bonchev–Trinajstić information content (AvgIpc) is 2.62.